The molecule has 0 saturated carbocycles. The van der Waals surface area contributed by atoms with E-state index in [1.807, 2.05) is 48.5 Å². The Morgan fingerprint density at radius 3 is 2.26 bits per heavy atom. The molecule has 1 atom stereocenters. The van der Waals surface area contributed by atoms with Crippen molar-refractivity contribution in [2.45, 2.75) is 6.10 Å². The Kier molecular flexibility index (Phi) is 5.35. The molecule has 2 aromatic rings. The summed E-state index contributed by atoms with van der Waals surface area (Å²) in [5.74, 6) is 0. The van der Waals surface area contributed by atoms with E-state index in [9.17, 15) is 5.11 Å². The zero-order valence-electron chi connectivity index (χ0n) is 10.9. The molecule has 0 saturated heterocycles. The lowest BCUT2D eigenvalue weighted by Gasteiger charge is -2.10. The van der Waals surface area contributed by atoms with Crippen molar-refractivity contribution in [2.75, 3.05) is 13.1 Å². The average Bonchev–Trinajstić information content (AvgIpc) is 2.49. The Morgan fingerprint density at radius 2 is 1.58 bits per heavy atom. The molecule has 2 rings (SSSR count). The lowest BCUT2D eigenvalue weighted by atomic mass is 10.1. The summed E-state index contributed by atoms with van der Waals surface area (Å²) < 4.78 is 0. The topological polar surface area (TPSA) is 32.3 Å². The first-order valence-electron chi connectivity index (χ1n) is 6.51. The van der Waals surface area contributed by atoms with Crippen molar-refractivity contribution in [1.82, 2.24) is 5.32 Å². The molecule has 2 aromatic carbocycles. The fraction of sp³-hybridized carbons (Fsp3) is 0.176. The number of hydrogen-bond acceptors (Lipinski definition) is 2. The monoisotopic (exact) mass is 253 g/mol. The first kappa shape index (κ1) is 13.5. The second-order valence-electron chi connectivity index (χ2n) is 4.40. The van der Waals surface area contributed by atoms with E-state index in [2.05, 4.69) is 29.6 Å². The molecule has 19 heavy (non-hydrogen) atoms. The Labute approximate surface area is 114 Å². The third-order valence-electron chi connectivity index (χ3n) is 2.89. The van der Waals surface area contributed by atoms with E-state index in [0.717, 1.165) is 12.1 Å². The number of aliphatic hydroxyl groups excluding tert-OH is 1. The van der Waals surface area contributed by atoms with Crippen molar-refractivity contribution in [3.05, 3.63) is 77.9 Å². The van der Waals surface area contributed by atoms with E-state index in [1.54, 1.807) is 0 Å². The maximum Gasteiger partial charge on any atom is 0.0914 e. The minimum absolute atomic E-state index is 0.452. The molecule has 0 unspecified atom stereocenters. The highest BCUT2D eigenvalue weighted by molar-refractivity contribution is 5.48. The molecule has 0 bridgehead atoms. The summed E-state index contributed by atoms with van der Waals surface area (Å²) in [5.41, 5.74) is 2.13. The predicted molar refractivity (Wildman–Crippen MR) is 79.7 cm³/mol. The second-order valence-corrected chi connectivity index (χ2v) is 4.40. The standard InChI is InChI=1S/C17H19NO/c19-17(16-11-5-2-6-12-16)14-18-13-7-10-15-8-3-1-4-9-15/h1-12,17-19H,13-14H2/b10-7+/t17-/m1/s1. The molecule has 0 aromatic heterocycles. The molecule has 0 spiro atoms. The molecule has 0 fully saturated rings. The van der Waals surface area contributed by atoms with E-state index in [-0.39, 0.29) is 0 Å². The minimum Gasteiger partial charge on any atom is -0.387 e. The maximum atomic E-state index is 9.95. The molecule has 2 nitrogen and oxygen atoms in total. The van der Waals surface area contributed by atoms with Gasteiger partial charge in [-0.25, -0.2) is 0 Å². The summed E-state index contributed by atoms with van der Waals surface area (Å²) in [6, 6.07) is 19.9. The van der Waals surface area contributed by atoms with Gasteiger partial charge < -0.3 is 10.4 Å². The number of aliphatic hydroxyl groups is 1. The lowest BCUT2D eigenvalue weighted by Crippen LogP contribution is -2.21. The Hall–Kier alpha value is -1.90. The number of rotatable bonds is 6. The molecule has 0 aliphatic carbocycles. The Bertz CT molecular complexity index is 493. The normalized spacial score (nSPS) is 12.7. The summed E-state index contributed by atoms with van der Waals surface area (Å²) in [7, 11) is 0. The van der Waals surface area contributed by atoms with Crippen LogP contribution in [0.25, 0.3) is 6.08 Å². The van der Waals surface area contributed by atoms with Gasteiger partial charge in [-0.2, -0.15) is 0 Å². The van der Waals surface area contributed by atoms with Crippen LogP contribution in [0.1, 0.15) is 17.2 Å². The van der Waals surface area contributed by atoms with E-state index in [1.165, 1.54) is 5.56 Å². The summed E-state index contributed by atoms with van der Waals surface area (Å²) in [6.07, 6.45) is 3.68. The maximum absolute atomic E-state index is 9.95. The van der Waals surface area contributed by atoms with E-state index in [4.69, 9.17) is 0 Å². The molecule has 0 amide bonds. The van der Waals surface area contributed by atoms with Crippen LogP contribution in [0.5, 0.6) is 0 Å². The smallest absolute Gasteiger partial charge is 0.0914 e. The zero-order valence-corrected chi connectivity index (χ0v) is 10.9. The van der Waals surface area contributed by atoms with Gasteiger partial charge in [-0.3, -0.25) is 0 Å². The number of benzene rings is 2. The van der Waals surface area contributed by atoms with Crippen molar-refractivity contribution in [3.8, 4) is 0 Å². The van der Waals surface area contributed by atoms with Gasteiger partial charge in [0.1, 0.15) is 0 Å². The van der Waals surface area contributed by atoms with Gasteiger partial charge in [-0.1, -0.05) is 72.8 Å². The summed E-state index contributed by atoms with van der Waals surface area (Å²) in [4.78, 5) is 0. The molecule has 98 valence electrons. The molecule has 0 aliphatic heterocycles. The number of hydrogen-bond donors (Lipinski definition) is 2. The van der Waals surface area contributed by atoms with Crippen molar-refractivity contribution in [2.24, 2.45) is 0 Å². The molecule has 2 N–H and O–H groups in total. The molecule has 0 radical (unpaired) electrons. The molecule has 2 heteroatoms. The van der Waals surface area contributed by atoms with Gasteiger partial charge in [-0.15, -0.1) is 0 Å². The van der Waals surface area contributed by atoms with E-state index < -0.39 is 6.10 Å². The third kappa shape index (κ3) is 4.70. The van der Waals surface area contributed by atoms with Crippen LogP contribution >= 0.6 is 0 Å². The molecule has 0 heterocycles. The zero-order chi connectivity index (χ0) is 13.3. The highest BCUT2D eigenvalue weighted by Crippen LogP contribution is 2.10. The van der Waals surface area contributed by atoms with E-state index in [0.29, 0.717) is 6.54 Å². The molecular formula is C17H19NO. The fourth-order valence-electron chi connectivity index (χ4n) is 1.86. The highest BCUT2D eigenvalue weighted by atomic mass is 16.3. The molecular weight excluding hydrogens is 234 g/mol. The van der Waals surface area contributed by atoms with Crippen LogP contribution < -0.4 is 5.32 Å². The van der Waals surface area contributed by atoms with Crippen LogP contribution in [0.2, 0.25) is 0 Å². The Morgan fingerprint density at radius 1 is 0.947 bits per heavy atom. The van der Waals surface area contributed by atoms with Gasteiger partial charge in [-0.05, 0) is 11.1 Å². The summed E-state index contributed by atoms with van der Waals surface area (Å²) in [6.45, 7) is 1.31. The van der Waals surface area contributed by atoms with Crippen molar-refractivity contribution in [3.63, 3.8) is 0 Å². The van der Waals surface area contributed by atoms with Gasteiger partial charge in [0.25, 0.3) is 0 Å². The second kappa shape index (κ2) is 7.52. The highest BCUT2D eigenvalue weighted by Gasteiger charge is 2.04. The first-order valence-corrected chi connectivity index (χ1v) is 6.51. The van der Waals surface area contributed by atoms with Crippen molar-refractivity contribution >= 4 is 6.08 Å². The van der Waals surface area contributed by atoms with Crippen molar-refractivity contribution in [1.29, 1.82) is 0 Å². The third-order valence-corrected chi connectivity index (χ3v) is 2.89. The van der Waals surface area contributed by atoms with Gasteiger partial charge >= 0.3 is 0 Å². The quantitative estimate of drug-likeness (QED) is 0.776. The van der Waals surface area contributed by atoms with Gasteiger partial charge in [0.2, 0.25) is 0 Å². The minimum atomic E-state index is -0.452. The lowest BCUT2D eigenvalue weighted by molar-refractivity contribution is 0.176. The van der Waals surface area contributed by atoms with Crippen LogP contribution in [0.15, 0.2) is 66.7 Å². The van der Waals surface area contributed by atoms with Gasteiger partial charge in [0.05, 0.1) is 6.10 Å². The van der Waals surface area contributed by atoms with Crippen LogP contribution in [0, 0.1) is 0 Å². The molecule has 0 aliphatic rings. The predicted octanol–water partition coefficient (Wildman–Crippen LogP) is 3.02. The van der Waals surface area contributed by atoms with Crippen LogP contribution in [0.3, 0.4) is 0 Å². The average molecular weight is 253 g/mol. The number of nitrogens with one attached hydrogen (secondary N) is 1. The van der Waals surface area contributed by atoms with E-state index >= 15 is 0 Å². The Balaban J connectivity index is 1.71. The van der Waals surface area contributed by atoms with Gasteiger partial charge in [0.15, 0.2) is 0 Å². The SMILES string of the molecule is O[C@H](CNC/C=C/c1ccccc1)c1ccccc1. The largest absolute Gasteiger partial charge is 0.387 e. The fourth-order valence-corrected chi connectivity index (χ4v) is 1.86. The van der Waals surface area contributed by atoms with Gasteiger partial charge in [0, 0.05) is 13.1 Å². The van der Waals surface area contributed by atoms with Crippen LogP contribution in [0.4, 0.5) is 0 Å². The summed E-state index contributed by atoms with van der Waals surface area (Å²) in [5, 5.41) is 13.2. The van der Waals surface area contributed by atoms with Crippen molar-refractivity contribution < 1.29 is 5.11 Å². The van der Waals surface area contributed by atoms with Crippen LogP contribution in [-0.2, 0) is 0 Å². The summed E-state index contributed by atoms with van der Waals surface area (Å²) >= 11 is 0. The van der Waals surface area contributed by atoms with Crippen LogP contribution in [-0.4, -0.2) is 18.2 Å². The first-order chi connectivity index (χ1) is 9.36.